The predicted octanol–water partition coefficient (Wildman–Crippen LogP) is 4.33. The van der Waals surface area contributed by atoms with Crippen LogP contribution in [0.2, 0.25) is 0 Å². The molecule has 3 aromatic rings. The van der Waals surface area contributed by atoms with Crippen molar-refractivity contribution in [2.75, 3.05) is 28.6 Å². The molecule has 0 spiro atoms. The zero-order valence-corrected chi connectivity index (χ0v) is 16.5. The van der Waals surface area contributed by atoms with Gasteiger partial charge >= 0.3 is 0 Å². The number of rotatable bonds is 5. The van der Waals surface area contributed by atoms with Crippen molar-refractivity contribution >= 4 is 28.8 Å². The highest BCUT2D eigenvalue weighted by atomic mass is 16.1. The molecule has 2 N–H and O–H groups in total. The minimum atomic E-state index is -0.308. The van der Waals surface area contributed by atoms with Gasteiger partial charge in [-0.3, -0.25) is 4.79 Å². The van der Waals surface area contributed by atoms with Crippen LogP contribution in [0.3, 0.4) is 0 Å². The van der Waals surface area contributed by atoms with Gasteiger partial charge in [-0.2, -0.15) is 5.26 Å². The van der Waals surface area contributed by atoms with Crippen LogP contribution in [-0.2, 0) is 0 Å². The number of piperidine rings is 1. The summed E-state index contributed by atoms with van der Waals surface area (Å²) < 4.78 is 0. The summed E-state index contributed by atoms with van der Waals surface area (Å²) in [4.78, 5) is 23.2. The molecule has 150 valence electrons. The summed E-state index contributed by atoms with van der Waals surface area (Å²) in [6.07, 6.45) is 5.09. The smallest absolute Gasteiger partial charge is 0.274 e. The number of amides is 1. The number of aromatic nitrogens is 2. The van der Waals surface area contributed by atoms with Gasteiger partial charge in [-0.15, -0.1) is 0 Å². The number of hydrogen-bond donors (Lipinski definition) is 2. The molecule has 0 aliphatic carbocycles. The third-order valence-corrected chi connectivity index (χ3v) is 5.01. The number of carbonyl (C=O) groups is 1. The first-order chi connectivity index (χ1) is 14.7. The maximum absolute atomic E-state index is 12.6. The molecule has 2 heterocycles. The van der Waals surface area contributed by atoms with Crippen molar-refractivity contribution in [2.24, 2.45) is 0 Å². The number of nitrogens with one attached hydrogen (secondary N) is 2. The van der Waals surface area contributed by atoms with Crippen LogP contribution >= 0.6 is 0 Å². The van der Waals surface area contributed by atoms with Gasteiger partial charge in [-0.1, -0.05) is 6.07 Å². The standard InChI is InChI=1S/C23H22N6O/c24-15-17-5-4-6-19(13-17)27-22-14-21(25-16-26-22)23(30)28-18-7-9-20(10-8-18)29-11-2-1-3-12-29/h4-10,13-14,16H,1-3,11-12H2,(H,28,30)(H,25,26,27). The van der Waals surface area contributed by atoms with Crippen LogP contribution in [0.25, 0.3) is 0 Å². The normalized spacial score (nSPS) is 13.4. The minimum Gasteiger partial charge on any atom is -0.372 e. The fraction of sp³-hybridized carbons (Fsp3) is 0.217. The molecule has 7 heteroatoms. The maximum atomic E-state index is 12.6. The highest BCUT2D eigenvalue weighted by molar-refractivity contribution is 6.03. The third kappa shape index (κ3) is 4.73. The minimum absolute atomic E-state index is 0.254. The number of anilines is 4. The lowest BCUT2D eigenvalue weighted by atomic mass is 10.1. The second kappa shape index (κ2) is 9.05. The quantitative estimate of drug-likeness (QED) is 0.664. The Kier molecular flexibility index (Phi) is 5.85. The van der Waals surface area contributed by atoms with Crippen LogP contribution in [0.5, 0.6) is 0 Å². The van der Waals surface area contributed by atoms with E-state index in [0.29, 0.717) is 17.1 Å². The fourth-order valence-electron chi connectivity index (χ4n) is 3.47. The Morgan fingerprint density at radius 2 is 1.77 bits per heavy atom. The van der Waals surface area contributed by atoms with Crippen molar-refractivity contribution in [3.63, 3.8) is 0 Å². The fourth-order valence-corrected chi connectivity index (χ4v) is 3.47. The molecule has 1 aliphatic rings. The predicted molar refractivity (Wildman–Crippen MR) is 117 cm³/mol. The molecule has 0 atom stereocenters. The number of carbonyl (C=O) groups excluding carboxylic acids is 1. The Morgan fingerprint density at radius 1 is 0.967 bits per heavy atom. The molecule has 1 fully saturated rings. The lowest BCUT2D eigenvalue weighted by Crippen LogP contribution is -2.29. The molecular weight excluding hydrogens is 376 g/mol. The Bertz CT molecular complexity index is 1070. The van der Waals surface area contributed by atoms with Gasteiger partial charge in [0.15, 0.2) is 0 Å². The molecule has 0 bridgehead atoms. The molecule has 0 saturated carbocycles. The molecule has 0 unspecified atom stereocenters. The van der Waals surface area contributed by atoms with E-state index in [0.717, 1.165) is 18.8 Å². The van der Waals surface area contributed by atoms with E-state index in [1.165, 1.54) is 31.3 Å². The SMILES string of the molecule is N#Cc1cccc(Nc2cc(C(=O)Nc3ccc(N4CCCCC4)cc3)ncn2)c1. The Hall–Kier alpha value is -3.92. The largest absolute Gasteiger partial charge is 0.372 e. The summed E-state index contributed by atoms with van der Waals surface area (Å²) >= 11 is 0. The molecule has 2 aromatic carbocycles. The average Bonchev–Trinajstić information content (AvgIpc) is 2.80. The van der Waals surface area contributed by atoms with Gasteiger partial charge in [0.05, 0.1) is 11.6 Å². The van der Waals surface area contributed by atoms with Gasteiger partial charge in [0.2, 0.25) is 0 Å². The van der Waals surface area contributed by atoms with E-state index in [9.17, 15) is 4.79 Å². The lowest BCUT2D eigenvalue weighted by molar-refractivity contribution is 0.102. The van der Waals surface area contributed by atoms with E-state index in [2.05, 4.69) is 31.6 Å². The molecule has 1 aromatic heterocycles. The Labute approximate surface area is 175 Å². The molecule has 30 heavy (non-hydrogen) atoms. The zero-order valence-electron chi connectivity index (χ0n) is 16.5. The molecule has 1 saturated heterocycles. The second-order valence-corrected chi connectivity index (χ2v) is 7.15. The zero-order chi connectivity index (χ0) is 20.8. The lowest BCUT2D eigenvalue weighted by Gasteiger charge is -2.28. The summed E-state index contributed by atoms with van der Waals surface area (Å²) in [5.41, 5.74) is 3.41. The first kappa shape index (κ1) is 19.4. The Morgan fingerprint density at radius 3 is 2.53 bits per heavy atom. The number of nitrogens with zero attached hydrogens (tertiary/aromatic N) is 4. The van der Waals surface area contributed by atoms with Gasteiger partial charge in [0.1, 0.15) is 17.8 Å². The van der Waals surface area contributed by atoms with Gasteiger partial charge in [-0.05, 0) is 61.7 Å². The van der Waals surface area contributed by atoms with Gasteiger partial charge in [0.25, 0.3) is 5.91 Å². The Balaban J connectivity index is 1.42. The van der Waals surface area contributed by atoms with Crippen LogP contribution in [0, 0.1) is 11.3 Å². The summed E-state index contributed by atoms with van der Waals surface area (Å²) in [7, 11) is 0. The van der Waals surface area contributed by atoms with E-state index < -0.39 is 0 Å². The summed E-state index contributed by atoms with van der Waals surface area (Å²) in [6, 6.07) is 18.6. The van der Waals surface area contributed by atoms with Crippen LogP contribution < -0.4 is 15.5 Å². The van der Waals surface area contributed by atoms with Crippen molar-refractivity contribution in [3.8, 4) is 6.07 Å². The van der Waals surface area contributed by atoms with Crippen LogP contribution in [-0.4, -0.2) is 29.0 Å². The molecule has 0 radical (unpaired) electrons. The second-order valence-electron chi connectivity index (χ2n) is 7.15. The van der Waals surface area contributed by atoms with Crippen LogP contribution in [0.1, 0.15) is 35.3 Å². The average molecular weight is 398 g/mol. The third-order valence-electron chi connectivity index (χ3n) is 5.01. The number of nitriles is 1. The summed E-state index contributed by atoms with van der Waals surface area (Å²) in [5, 5.41) is 15.0. The van der Waals surface area contributed by atoms with Crippen molar-refractivity contribution in [1.29, 1.82) is 5.26 Å². The van der Waals surface area contributed by atoms with E-state index in [-0.39, 0.29) is 11.6 Å². The first-order valence-corrected chi connectivity index (χ1v) is 9.97. The highest BCUT2D eigenvalue weighted by Gasteiger charge is 2.12. The van der Waals surface area contributed by atoms with E-state index >= 15 is 0 Å². The number of hydrogen-bond acceptors (Lipinski definition) is 6. The number of benzene rings is 2. The molecule has 4 rings (SSSR count). The van der Waals surface area contributed by atoms with E-state index in [1.807, 2.05) is 30.3 Å². The maximum Gasteiger partial charge on any atom is 0.274 e. The van der Waals surface area contributed by atoms with E-state index in [1.54, 1.807) is 24.3 Å². The van der Waals surface area contributed by atoms with Crippen molar-refractivity contribution in [2.45, 2.75) is 19.3 Å². The van der Waals surface area contributed by atoms with Crippen LogP contribution in [0.15, 0.2) is 60.9 Å². The topological polar surface area (TPSA) is 93.9 Å². The molecule has 7 nitrogen and oxygen atoms in total. The van der Waals surface area contributed by atoms with Crippen molar-refractivity contribution < 1.29 is 4.79 Å². The highest BCUT2D eigenvalue weighted by Crippen LogP contribution is 2.22. The molecule has 1 amide bonds. The summed E-state index contributed by atoms with van der Waals surface area (Å²) in [6.45, 7) is 2.17. The molecule has 1 aliphatic heterocycles. The van der Waals surface area contributed by atoms with Gasteiger partial charge in [0, 0.05) is 36.2 Å². The van der Waals surface area contributed by atoms with Crippen molar-refractivity contribution in [3.05, 3.63) is 72.2 Å². The molecular formula is C23H22N6O. The van der Waals surface area contributed by atoms with Gasteiger partial charge < -0.3 is 15.5 Å². The van der Waals surface area contributed by atoms with Crippen LogP contribution in [0.4, 0.5) is 22.9 Å². The summed E-state index contributed by atoms with van der Waals surface area (Å²) in [5.74, 6) is 0.169. The van der Waals surface area contributed by atoms with E-state index in [4.69, 9.17) is 5.26 Å². The van der Waals surface area contributed by atoms with Gasteiger partial charge in [-0.25, -0.2) is 9.97 Å². The monoisotopic (exact) mass is 398 g/mol. The van der Waals surface area contributed by atoms with Crippen molar-refractivity contribution in [1.82, 2.24) is 9.97 Å². The first-order valence-electron chi connectivity index (χ1n) is 9.97.